The number of rotatable bonds is 2. The van der Waals surface area contributed by atoms with E-state index < -0.39 is 17.9 Å². The van der Waals surface area contributed by atoms with E-state index in [0.717, 1.165) is 0 Å². The van der Waals surface area contributed by atoms with Crippen LogP contribution in [0.5, 0.6) is 0 Å². The lowest BCUT2D eigenvalue weighted by molar-refractivity contribution is 1.42. The van der Waals surface area contributed by atoms with E-state index in [0.29, 0.717) is 0 Å². The molecule has 0 aliphatic carbocycles. The lowest BCUT2D eigenvalue weighted by atomic mass is 11.9. The fourth-order valence-electron chi connectivity index (χ4n) is 0.596. The second-order valence-electron chi connectivity index (χ2n) is 2.34. The van der Waals surface area contributed by atoms with Crippen molar-refractivity contribution in [2.75, 3.05) is 0 Å². The Bertz CT molecular complexity index is 39.0. The lowest BCUT2D eigenvalue weighted by Gasteiger charge is -2.04. The van der Waals surface area contributed by atoms with Crippen molar-refractivity contribution >= 4 is 17.9 Å². The van der Waals surface area contributed by atoms with E-state index >= 15 is 0 Å². The summed E-state index contributed by atoms with van der Waals surface area (Å²) >= 11 is 0. The third kappa shape index (κ3) is 6.39. The first-order chi connectivity index (χ1) is 3.13. The van der Waals surface area contributed by atoms with Crippen molar-refractivity contribution in [1.82, 2.24) is 4.65 Å². The molecule has 43 valence electrons. The number of hydrogen-bond donors (Lipinski definition) is 0. The van der Waals surface area contributed by atoms with Gasteiger partial charge in [-0.1, -0.05) is 26.2 Å². The van der Waals surface area contributed by atoms with Crippen molar-refractivity contribution in [3.05, 3.63) is 0 Å². The van der Waals surface area contributed by atoms with Gasteiger partial charge in [-0.15, -0.1) is 0 Å². The van der Waals surface area contributed by atoms with Crippen LogP contribution < -0.4 is 4.65 Å². The second kappa shape index (κ2) is 3.40. The third-order valence-corrected chi connectivity index (χ3v) is 5.37. The van der Waals surface area contributed by atoms with Crippen LogP contribution in [-0.2, 0) is 0 Å². The molecule has 0 saturated heterocycles. The van der Waals surface area contributed by atoms with Crippen molar-refractivity contribution < 1.29 is 0 Å². The molecule has 0 saturated carbocycles. The molecule has 0 aromatic rings. The van der Waals surface area contributed by atoms with Gasteiger partial charge in [-0.2, -0.15) is 0 Å². The minimum absolute atomic E-state index is 0.542. The first kappa shape index (κ1) is 7.39. The van der Waals surface area contributed by atoms with Crippen LogP contribution in [0.15, 0.2) is 0 Å². The van der Waals surface area contributed by atoms with Crippen molar-refractivity contribution in [1.29, 1.82) is 0 Å². The van der Waals surface area contributed by atoms with E-state index in [2.05, 4.69) is 30.8 Å². The molecule has 0 fully saturated rings. The Morgan fingerprint density at radius 1 is 0.857 bits per heavy atom. The van der Waals surface area contributed by atoms with Crippen LogP contribution in [0.4, 0.5) is 0 Å². The molecule has 0 rings (SSSR count). The summed E-state index contributed by atoms with van der Waals surface area (Å²) in [6, 6.07) is 0. The summed E-state index contributed by atoms with van der Waals surface area (Å²) in [7, 11) is -1.08. The SMILES string of the molecule is C[SiH](C)[N][SiH](C)C. The zero-order valence-corrected chi connectivity index (χ0v) is 7.91. The van der Waals surface area contributed by atoms with Crippen LogP contribution in [0.2, 0.25) is 26.2 Å². The summed E-state index contributed by atoms with van der Waals surface area (Å²) in [6.07, 6.45) is 0. The molecule has 1 nitrogen and oxygen atoms in total. The minimum Gasteiger partial charge on any atom is -0.302 e. The molecule has 3 heteroatoms. The maximum absolute atomic E-state index is 4.56. The van der Waals surface area contributed by atoms with Gasteiger partial charge >= 0.3 is 0 Å². The molecule has 0 unspecified atom stereocenters. The van der Waals surface area contributed by atoms with Gasteiger partial charge < -0.3 is 4.65 Å². The van der Waals surface area contributed by atoms with E-state index in [4.69, 9.17) is 0 Å². The zero-order valence-electron chi connectivity index (χ0n) is 5.60. The highest BCUT2D eigenvalue weighted by Gasteiger charge is 1.98. The van der Waals surface area contributed by atoms with Gasteiger partial charge in [0, 0.05) is 0 Å². The molecule has 0 aliphatic rings. The monoisotopic (exact) mass is 132 g/mol. The van der Waals surface area contributed by atoms with Gasteiger partial charge in [-0.05, 0) is 0 Å². The highest BCUT2D eigenvalue weighted by molar-refractivity contribution is 6.70. The fourth-order valence-corrected chi connectivity index (χ4v) is 5.37. The van der Waals surface area contributed by atoms with Crippen LogP contribution in [0.3, 0.4) is 0 Å². The molecular weight excluding hydrogens is 118 g/mol. The first-order valence-corrected chi connectivity index (χ1v) is 8.48. The number of nitrogens with zero attached hydrogens (tertiary/aromatic N) is 1. The smallest absolute Gasteiger partial charge is 0.112 e. The molecule has 0 N–H and O–H groups in total. The highest BCUT2D eigenvalue weighted by atomic mass is 28.3. The fraction of sp³-hybridized carbons (Fsp3) is 1.00. The Labute approximate surface area is 49.5 Å². The molecule has 0 amide bonds. The number of hydrogen-bond acceptors (Lipinski definition) is 0. The molecule has 0 heterocycles. The predicted octanol–water partition coefficient (Wildman–Crippen LogP) is 0.558. The van der Waals surface area contributed by atoms with Crippen LogP contribution in [0, 0.1) is 0 Å². The minimum atomic E-state index is -0.542. The van der Waals surface area contributed by atoms with Crippen LogP contribution in [0.1, 0.15) is 0 Å². The average Bonchev–Trinajstić information content (AvgIpc) is 1.27. The Morgan fingerprint density at radius 2 is 1.14 bits per heavy atom. The third-order valence-electron chi connectivity index (χ3n) is 0.596. The summed E-state index contributed by atoms with van der Waals surface area (Å²) < 4.78 is 4.56. The normalized spacial score (nSPS) is 11.1. The van der Waals surface area contributed by atoms with Crippen molar-refractivity contribution in [3.63, 3.8) is 0 Å². The molecule has 1 radical (unpaired) electrons. The summed E-state index contributed by atoms with van der Waals surface area (Å²) in [4.78, 5) is 0. The highest BCUT2D eigenvalue weighted by Crippen LogP contribution is 1.78. The topological polar surface area (TPSA) is 14.1 Å². The molecular formula is C4H14NSi2. The molecule has 0 aromatic carbocycles. The maximum Gasteiger partial charge on any atom is 0.112 e. The van der Waals surface area contributed by atoms with E-state index in [1.165, 1.54) is 0 Å². The van der Waals surface area contributed by atoms with Crippen molar-refractivity contribution in [2.45, 2.75) is 26.2 Å². The van der Waals surface area contributed by atoms with Gasteiger partial charge in [0.2, 0.25) is 0 Å². The van der Waals surface area contributed by atoms with Gasteiger partial charge in [0.1, 0.15) is 17.9 Å². The van der Waals surface area contributed by atoms with Gasteiger partial charge in [0.05, 0.1) is 0 Å². The van der Waals surface area contributed by atoms with Crippen molar-refractivity contribution in [2.24, 2.45) is 0 Å². The van der Waals surface area contributed by atoms with Crippen molar-refractivity contribution in [3.8, 4) is 0 Å². The second-order valence-corrected chi connectivity index (χ2v) is 7.90. The first-order valence-electron chi connectivity index (χ1n) is 2.83. The average molecular weight is 132 g/mol. The van der Waals surface area contributed by atoms with Gasteiger partial charge in [-0.3, -0.25) is 0 Å². The molecule has 0 bridgehead atoms. The Hall–Kier alpha value is 0.394. The summed E-state index contributed by atoms with van der Waals surface area (Å²) in [5, 5.41) is 0. The Morgan fingerprint density at radius 3 is 1.14 bits per heavy atom. The van der Waals surface area contributed by atoms with E-state index in [1.54, 1.807) is 0 Å². The molecule has 0 aliphatic heterocycles. The molecule has 0 spiro atoms. The van der Waals surface area contributed by atoms with Crippen LogP contribution in [-0.4, -0.2) is 17.9 Å². The van der Waals surface area contributed by atoms with Gasteiger partial charge in [-0.25, -0.2) is 0 Å². The molecule has 0 aromatic heterocycles. The summed E-state index contributed by atoms with van der Waals surface area (Å²) in [5.74, 6) is 0. The quantitative estimate of drug-likeness (QED) is 0.487. The summed E-state index contributed by atoms with van der Waals surface area (Å²) in [6.45, 7) is 9.08. The lowest BCUT2D eigenvalue weighted by Crippen LogP contribution is -2.29. The zero-order chi connectivity index (χ0) is 5.86. The molecule has 0 atom stereocenters. The van der Waals surface area contributed by atoms with Crippen LogP contribution >= 0.6 is 0 Å². The van der Waals surface area contributed by atoms with Crippen LogP contribution in [0.25, 0.3) is 0 Å². The largest absolute Gasteiger partial charge is 0.302 e. The van der Waals surface area contributed by atoms with E-state index in [9.17, 15) is 0 Å². The maximum atomic E-state index is 4.56. The summed E-state index contributed by atoms with van der Waals surface area (Å²) in [5.41, 5.74) is 0. The molecule has 7 heavy (non-hydrogen) atoms. The van der Waals surface area contributed by atoms with E-state index in [1.807, 2.05) is 0 Å². The standard InChI is InChI=1S/C4H14NSi2/c1-6(2)5-7(3)4/h6-7H,1-4H3. The predicted molar refractivity (Wildman–Crippen MR) is 39.9 cm³/mol. The van der Waals surface area contributed by atoms with Gasteiger partial charge in [0.25, 0.3) is 0 Å². The Kier molecular flexibility index (Phi) is 3.59. The van der Waals surface area contributed by atoms with Gasteiger partial charge in [0.15, 0.2) is 0 Å². The van der Waals surface area contributed by atoms with E-state index in [-0.39, 0.29) is 0 Å². The Balaban J connectivity index is 2.95.